The summed E-state index contributed by atoms with van der Waals surface area (Å²) in [6, 6.07) is 22.3. The van der Waals surface area contributed by atoms with Crippen LogP contribution in [-0.4, -0.2) is 34.3 Å². The fourth-order valence-corrected chi connectivity index (χ4v) is 4.60. The predicted octanol–water partition coefficient (Wildman–Crippen LogP) is 6.33. The average Bonchev–Trinajstić information content (AvgIpc) is 2.81. The summed E-state index contributed by atoms with van der Waals surface area (Å²) in [5.41, 5.74) is 2.80. The topological polar surface area (TPSA) is 43.8 Å². The van der Waals surface area contributed by atoms with Gasteiger partial charge >= 0.3 is 6.09 Å². The summed E-state index contributed by atoms with van der Waals surface area (Å²) in [6.45, 7) is 1.47. The zero-order valence-electron chi connectivity index (χ0n) is 18.1. The fraction of sp³-hybridized carbons (Fsp3) is 0.269. The molecule has 4 nitrogen and oxygen atoms in total. The highest BCUT2D eigenvalue weighted by Crippen LogP contribution is 2.38. The molecular weight excluding hydrogens is 446 g/mol. The third-order valence-corrected chi connectivity index (χ3v) is 6.10. The van der Waals surface area contributed by atoms with Crippen LogP contribution in [0.4, 0.5) is 13.6 Å². The lowest BCUT2D eigenvalue weighted by molar-refractivity contribution is -0.0449. The van der Waals surface area contributed by atoms with Crippen LogP contribution in [0.15, 0.2) is 78.9 Å². The second kappa shape index (κ2) is 11.3. The van der Waals surface area contributed by atoms with Crippen molar-refractivity contribution >= 4 is 18.5 Å². The number of amides is 1. The summed E-state index contributed by atoms with van der Waals surface area (Å²) >= 11 is 0. The predicted molar refractivity (Wildman–Crippen MR) is 126 cm³/mol. The Morgan fingerprint density at radius 3 is 2.00 bits per heavy atom. The van der Waals surface area contributed by atoms with Crippen LogP contribution >= 0.6 is 12.4 Å². The molecule has 1 aliphatic rings. The lowest BCUT2D eigenvalue weighted by Gasteiger charge is -2.41. The van der Waals surface area contributed by atoms with Gasteiger partial charge in [0, 0.05) is 19.0 Å². The normalized spacial score (nSPS) is 16.3. The van der Waals surface area contributed by atoms with E-state index < -0.39 is 6.09 Å². The minimum absolute atomic E-state index is 0. The standard InChI is InChI=1S/C26H26F2N2O2.ClH/c27-23-12-8-20(9-13-23)25(21-10-14-24(28)15-11-21)22-7-4-16-29(18-22)30(26(31)32)17-19-5-2-1-3-6-19;/h1-3,5-6,8-15,22,25H,4,7,16-18H2,(H,31,32);1H. The van der Waals surface area contributed by atoms with Crippen LogP contribution in [0, 0.1) is 17.6 Å². The van der Waals surface area contributed by atoms with Crippen molar-refractivity contribution in [3.05, 3.63) is 107 Å². The highest BCUT2D eigenvalue weighted by Gasteiger charge is 2.33. The Hall–Kier alpha value is -2.96. The summed E-state index contributed by atoms with van der Waals surface area (Å²) in [7, 11) is 0. The van der Waals surface area contributed by atoms with E-state index in [2.05, 4.69) is 0 Å². The molecule has 0 aliphatic carbocycles. The number of nitrogens with zero attached hydrogens (tertiary/aromatic N) is 2. The van der Waals surface area contributed by atoms with Crippen LogP contribution in [0.2, 0.25) is 0 Å². The molecule has 0 saturated carbocycles. The Balaban J connectivity index is 0.00000306. The number of hydrogen-bond donors (Lipinski definition) is 1. The number of halogens is 3. The maximum absolute atomic E-state index is 13.6. The highest BCUT2D eigenvalue weighted by atomic mass is 35.5. The molecule has 1 fully saturated rings. The van der Waals surface area contributed by atoms with Crippen molar-refractivity contribution in [1.82, 2.24) is 10.0 Å². The first-order valence-electron chi connectivity index (χ1n) is 10.8. The molecule has 1 heterocycles. The van der Waals surface area contributed by atoms with Crippen molar-refractivity contribution < 1.29 is 18.7 Å². The third-order valence-electron chi connectivity index (χ3n) is 6.10. The van der Waals surface area contributed by atoms with Crippen LogP contribution in [0.5, 0.6) is 0 Å². The molecule has 174 valence electrons. The fourth-order valence-electron chi connectivity index (χ4n) is 4.60. The molecule has 1 atom stereocenters. The van der Waals surface area contributed by atoms with Gasteiger partial charge in [-0.15, -0.1) is 12.4 Å². The Morgan fingerprint density at radius 2 is 1.48 bits per heavy atom. The zero-order valence-corrected chi connectivity index (χ0v) is 18.9. The molecule has 3 aromatic carbocycles. The Bertz CT molecular complexity index is 987. The van der Waals surface area contributed by atoms with Gasteiger partial charge in [0.25, 0.3) is 0 Å². The van der Waals surface area contributed by atoms with E-state index in [4.69, 9.17) is 0 Å². The number of carbonyl (C=O) groups is 1. The van der Waals surface area contributed by atoms with E-state index in [0.717, 1.165) is 29.5 Å². The van der Waals surface area contributed by atoms with Crippen LogP contribution < -0.4 is 0 Å². The molecule has 1 N–H and O–H groups in total. The second-order valence-electron chi connectivity index (χ2n) is 8.22. The Labute approximate surface area is 198 Å². The quantitative estimate of drug-likeness (QED) is 0.456. The first-order valence-corrected chi connectivity index (χ1v) is 10.8. The Kier molecular flexibility index (Phi) is 8.42. The molecule has 1 unspecified atom stereocenters. The first kappa shape index (κ1) is 24.7. The molecule has 0 radical (unpaired) electrons. The van der Waals surface area contributed by atoms with Crippen LogP contribution in [0.1, 0.15) is 35.4 Å². The van der Waals surface area contributed by atoms with Gasteiger partial charge in [0.15, 0.2) is 0 Å². The third kappa shape index (κ3) is 6.09. The van der Waals surface area contributed by atoms with Crippen molar-refractivity contribution in [3.63, 3.8) is 0 Å². The van der Waals surface area contributed by atoms with Crippen LogP contribution in [0.3, 0.4) is 0 Å². The van der Waals surface area contributed by atoms with Crippen molar-refractivity contribution in [2.75, 3.05) is 13.1 Å². The number of carboxylic acid groups (broad SMARTS) is 1. The molecule has 4 rings (SSSR count). The number of benzene rings is 3. The van der Waals surface area contributed by atoms with Gasteiger partial charge in [-0.25, -0.2) is 23.6 Å². The number of hydrogen-bond acceptors (Lipinski definition) is 2. The van der Waals surface area contributed by atoms with Gasteiger partial charge in [-0.2, -0.15) is 0 Å². The van der Waals surface area contributed by atoms with E-state index in [-0.39, 0.29) is 42.4 Å². The maximum atomic E-state index is 13.6. The number of rotatable bonds is 6. The minimum atomic E-state index is -0.991. The van der Waals surface area contributed by atoms with E-state index in [1.165, 1.54) is 29.3 Å². The van der Waals surface area contributed by atoms with Gasteiger partial charge in [-0.1, -0.05) is 54.6 Å². The average molecular weight is 473 g/mol. The molecule has 3 aromatic rings. The molecule has 0 bridgehead atoms. The minimum Gasteiger partial charge on any atom is -0.464 e. The molecule has 33 heavy (non-hydrogen) atoms. The molecule has 1 saturated heterocycles. The summed E-state index contributed by atoms with van der Waals surface area (Å²) in [5.74, 6) is -0.614. The molecular formula is C26H27ClF2N2O2. The monoisotopic (exact) mass is 472 g/mol. The van der Waals surface area contributed by atoms with Gasteiger partial charge in [0.2, 0.25) is 0 Å². The lowest BCUT2D eigenvalue weighted by atomic mass is 9.77. The summed E-state index contributed by atoms with van der Waals surface area (Å²) < 4.78 is 27.2. The maximum Gasteiger partial charge on any atom is 0.422 e. The smallest absolute Gasteiger partial charge is 0.422 e. The van der Waals surface area contributed by atoms with Gasteiger partial charge in [0.05, 0.1) is 6.54 Å². The van der Waals surface area contributed by atoms with E-state index in [9.17, 15) is 18.7 Å². The zero-order chi connectivity index (χ0) is 22.5. The van der Waals surface area contributed by atoms with Crippen LogP contribution in [0.25, 0.3) is 0 Å². The summed E-state index contributed by atoms with van der Waals surface area (Å²) in [6.07, 6.45) is 0.742. The van der Waals surface area contributed by atoms with Gasteiger partial charge in [0.1, 0.15) is 11.6 Å². The van der Waals surface area contributed by atoms with Crippen molar-refractivity contribution in [1.29, 1.82) is 0 Å². The largest absolute Gasteiger partial charge is 0.464 e. The molecule has 0 spiro atoms. The Morgan fingerprint density at radius 1 is 0.939 bits per heavy atom. The van der Waals surface area contributed by atoms with Crippen molar-refractivity contribution in [2.45, 2.75) is 25.3 Å². The summed E-state index contributed by atoms with van der Waals surface area (Å²) in [4.78, 5) is 12.1. The molecule has 1 aliphatic heterocycles. The van der Waals surface area contributed by atoms with Gasteiger partial charge in [-0.05, 0) is 59.7 Å². The SMILES string of the molecule is Cl.O=C(O)N(Cc1ccccc1)N1CCCC(C(c2ccc(F)cc2)c2ccc(F)cc2)C1. The van der Waals surface area contributed by atoms with E-state index >= 15 is 0 Å². The molecule has 7 heteroatoms. The van der Waals surface area contributed by atoms with Gasteiger partial charge < -0.3 is 5.11 Å². The van der Waals surface area contributed by atoms with E-state index in [1.807, 2.05) is 35.3 Å². The number of piperidine rings is 1. The lowest BCUT2D eigenvalue weighted by Crippen LogP contribution is -2.50. The van der Waals surface area contributed by atoms with E-state index in [0.29, 0.717) is 13.1 Å². The highest BCUT2D eigenvalue weighted by molar-refractivity contribution is 5.85. The first-order chi connectivity index (χ1) is 15.5. The number of hydrazine groups is 1. The summed E-state index contributed by atoms with van der Waals surface area (Å²) in [5, 5.41) is 13.2. The molecule has 0 aromatic heterocycles. The molecule has 1 amide bonds. The van der Waals surface area contributed by atoms with Crippen LogP contribution in [-0.2, 0) is 6.54 Å². The van der Waals surface area contributed by atoms with Crippen molar-refractivity contribution in [3.8, 4) is 0 Å². The van der Waals surface area contributed by atoms with Crippen molar-refractivity contribution in [2.24, 2.45) is 5.92 Å². The van der Waals surface area contributed by atoms with Gasteiger partial charge in [-0.3, -0.25) is 0 Å². The second-order valence-corrected chi connectivity index (χ2v) is 8.22. The van der Waals surface area contributed by atoms with E-state index in [1.54, 1.807) is 24.3 Å².